The fourth-order valence-electron chi connectivity index (χ4n) is 2.07. The Balaban J connectivity index is 2.18. The van der Waals surface area contributed by atoms with E-state index in [9.17, 15) is 13.2 Å². The van der Waals surface area contributed by atoms with Crippen LogP contribution in [0.25, 0.3) is 0 Å². The van der Waals surface area contributed by atoms with Gasteiger partial charge in [-0.15, -0.1) is 0 Å². The minimum absolute atomic E-state index is 0.0540. The van der Waals surface area contributed by atoms with Crippen LogP contribution in [0.1, 0.15) is 15.9 Å². The van der Waals surface area contributed by atoms with Crippen LogP contribution >= 0.6 is 27.5 Å². The summed E-state index contributed by atoms with van der Waals surface area (Å²) in [5, 5.41) is 9.74. The molecule has 0 bridgehead atoms. The highest BCUT2D eigenvalue weighted by atomic mass is 79.9. The number of carbonyl (C=O) groups is 1. The molecule has 0 fully saturated rings. The lowest BCUT2D eigenvalue weighted by Gasteiger charge is -2.17. The number of hydrogen-bond donors (Lipinski definition) is 1. The van der Waals surface area contributed by atoms with Gasteiger partial charge in [-0.05, 0) is 58.2 Å². The predicted octanol–water partition coefficient (Wildman–Crippen LogP) is 3.66. The van der Waals surface area contributed by atoms with Crippen molar-refractivity contribution in [3.63, 3.8) is 0 Å². The summed E-state index contributed by atoms with van der Waals surface area (Å²) >= 11 is 8.92. The monoisotopic (exact) mass is 431 g/mol. The van der Waals surface area contributed by atoms with Crippen LogP contribution in [0.3, 0.4) is 0 Å². The first-order valence-corrected chi connectivity index (χ1v) is 9.56. The van der Waals surface area contributed by atoms with E-state index >= 15 is 0 Å². The third kappa shape index (κ3) is 4.36. The molecule has 2 rings (SSSR count). The van der Waals surface area contributed by atoms with E-state index in [4.69, 9.17) is 16.7 Å². The van der Waals surface area contributed by atoms with E-state index in [1.807, 2.05) is 12.1 Å². The summed E-state index contributed by atoms with van der Waals surface area (Å²) in [6.45, 7) is 0.266. The third-order valence-corrected chi connectivity index (χ3v) is 6.30. The quantitative estimate of drug-likeness (QED) is 0.756. The van der Waals surface area contributed by atoms with Gasteiger partial charge in [0, 0.05) is 23.1 Å². The molecular weight excluding hydrogens is 418 g/mol. The molecule has 2 aromatic rings. The zero-order chi connectivity index (χ0) is 17.9. The molecule has 8 heteroatoms. The Hall–Kier alpha value is -1.41. The smallest absolute Gasteiger partial charge is 0.336 e. The van der Waals surface area contributed by atoms with Crippen molar-refractivity contribution in [2.75, 3.05) is 13.6 Å². The fraction of sp³-hybridized carbons (Fsp3) is 0.188. The molecule has 0 saturated carbocycles. The van der Waals surface area contributed by atoms with Gasteiger partial charge in [0.25, 0.3) is 0 Å². The molecular formula is C16H15BrClNO4S. The van der Waals surface area contributed by atoms with E-state index < -0.39 is 16.0 Å². The van der Waals surface area contributed by atoms with Crippen LogP contribution in [0.2, 0.25) is 5.02 Å². The van der Waals surface area contributed by atoms with Gasteiger partial charge in [-0.2, -0.15) is 0 Å². The van der Waals surface area contributed by atoms with Crippen LogP contribution in [0.4, 0.5) is 0 Å². The van der Waals surface area contributed by atoms with E-state index in [0.29, 0.717) is 15.9 Å². The molecule has 1 N–H and O–H groups in total. The molecule has 0 spiro atoms. The second-order valence-corrected chi connectivity index (χ2v) is 8.49. The van der Waals surface area contributed by atoms with Crippen LogP contribution in [-0.2, 0) is 16.4 Å². The molecule has 128 valence electrons. The van der Waals surface area contributed by atoms with Crippen LogP contribution < -0.4 is 0 Å². The SMILES string of the molecule is CN(CCc1ccc(Cl)cc1)S(=O)(=O)c1ccc(Br)c(C(=O)O)c1. The van der Waals surface area contributed by atoms with E-state index in [0.717, 1.165) is 11.6 Å². The van der Waals surface area contributed by atoms with Gasteiger partial charge in [-0.3, -0.25) is 0 Å². The van der Waals surface area contributed by atoms with Crippen LogP contribution in [0.5, 0.6) is 0 Å². The maximum Gasteiger partial charge on any atom is 0.336 e. The molecule has 0 radical (unpaired) electrons. The topological polar surface area (TPSA) is 74.7 Å². The summed E-state index contributed by atoms with van der Waals surface area (Å²) in [5.41, 5.74) is 0.866. The van der Waals surface area contributed by atoms with Crippen molar-refractivity contribution in [3.8, 4) is 0 Å². The Morgan fingerprint density at radius 2 is 1.83 bits per heavy atom. The summed E-state index contributed by atoms with van der Waals surface area (Å²) in [7, 11) is -2.30. The van der Waals surface area contributed by atoms with E-state index in [-0.39, 0.29) is 17.0 Å². The van der Waals surface area contributed by atoms with Gasteiger partial charge >= 0.3 is 5.97 Å². The standard InChI is InChI=1S/C16H15BrClNO4S/c1-19(9-8-11-2-4-12(18)5-3-11)24(22,23)13-6-7-15(17)14(10-13)16(20)21/h2-7,10H,8-9H2,1H3,(H,20,21). The Morgan fingerprint density at radius 1 is 1.21 bits per heavy atom. The number of sulfonamides is 1. The van der Waals surface area contributed by atoms with Gasteiger partial charge in [0.1, 0.15) is 0 Å². The van der Waals surface area contributed by atoms with E-state index in [2.05, 4.69) is 15.9 Å². The highest BCUT2D eigenvalue weighted by molar-refractivity contribution is 9.10. The molecule has 5 nitrogen and oxygen atoms in total. The zero-order valence-electron chi connectivity index (χ0n) is 12.7. The number of aromatic carboxylic acids is 1. The van der Waals surface area contributed by atoms with Crippen molar-refractivity contribution >= 4 is 43.5 Å². The summed E-state index contributed by atoms with van der Waals surface area (Å²) in [6, 6.07) is 11.1. The summed E-state index contributed by atoms with van der Waals surface area (Å²) in [6.07, 6.45) is 0.523. The predicted molar refractivity (Wildman–Crippen MR) is 96.1 cm³/mol. The molecule has 2 aromatic carbocycles. The zero-order valence-corrected chi connectivity index (χ0v) is 15.9. The molecule has 0 aliphatic carbocycles. The Labute approximate surface area is 154 Å². The molecule has 0 aliphatic rings. The lowest BCUT2D eigenvalue weighted by molar-refractivity contribution is 0.0695. The van der Waals surface area contributed by atoms with Crippen LogP contribution in [-0.4, -0.2) is 37.4 Å². The van der Waals surface area contributed by atoms with Crippen LogP contribution in [0, 0.1) is 0 Å². The first kappa shape index (κ1) is 18.9. The van der Waals surface area contributed by atoms with Gasteiger partial charge < -0.3 is 5.11 Å². The number of benzene rings is 2. The molecule has 0 heterocycles. The van der Waals surface area contributed by atoms with Crippen molar-refractivity contribution in [2.45, 2.75) is 11.3 Å². The van der Waals surface area contributed by atoms with Crippen molar-refractivity contribution in [3.05, 3.63) is 63.1 Å². The number of hydrogen-bond acceptors (Lipinski definition) is 3. The minimum Gasteiger partial charge on any atom is -0.478 e. The molecule has 0 aromatic heterocycles. The molecule has 0 unspecified atom stereocenters. The van der Waals surface area contributed by atoms with Gasteiger partial charge in [-0.1, -0.05) is 23.7 Å². The summed E-state index contributed by atoms with van der Waals surface area (Å²) < 4.78 is 26.7. The molecule has 0 atom stereocenters. The number of carboxylic acid groups (broad SMARTS) is 1. The van der Waals surface area contributed by atoms with Crippen molar-refractivity contribution in [1.29, 1.82) is 0 Å². The lowest BCUT2D eigenvalue weighted by Crippen LogP contribution is -2.29. The Morgan fingerprint density at radius 3 is 2.42 bits per heavy atom. The summed E-state index contributed by atoms with van der Waals surface area (Å²) in [5.74, 6) is -1.19. The third-order valence-electron chi connectivity index (χ3n) is 3.51. The van der Waals surface area contributed by atoms with E-state index in [1.165, 1.54) is 23.5 Å². The highest BCUT2D eigenvalue weighted by Crippen LogP contribution is 2.23. The average Bonchev–Trinajstić information content (AvgIpc) is 2.53. The second kappa shape index (κ2) is 7.65. The van der Waals surface area contributed by atoms with Gasteiger partial charge in [-0.25, -0.2) is 17.5 Å². The number of rotatable bonds is 6. The number of carboxylic acids is 1. The van der Waals surface area contributed by atoms with E-state index in [1.54, 1.807) is 12.1 Å². The molecule has 0 aliphatic heterocycles. The molecule has 0 saturated heterocycles. The normalized spacial score (nSPS) is 11.7. The number of nitrogens with zero attached hydrogens (tertiary/aromatic N) is 1. The minimum atomic E-state index is -3.77. The van der Waals surface area contributed by atoms with Crippen molar-refractivity contribution in [1.82, 2.24) is 4.31 Å². The van der Waals surface area contributed by atoms with Crippen LogP contribution in [0.15, 0.2) is 51.8 Å². The Kier molecular flexibility index (Phi) is 6.03. The largest absolute Gasteiger partial charge is 0.478 e. The second-order valence-electron chi connectivity index (χ2n) is 5.15. The summed E-state index contributed by atoms with van der Waals surface area (Å²) in [4.78, 5) is 11.1. The maximum absolute atomic E-state index is 12.6. The van der Waals surface area contributed by atoms with Crippen molar-refractivity contribution in [2.24, 2.45) is 0 Å². The lowest BCUT2D eigenvalue weighted by atomic mass is 10.1. The first-order chi connectivity index (χ1) is 11.2. The average molecular weight is 433 g/mol. The van der Waals surface area contributed by atoms with Gasteiger partial charge in [0.2, 0.25) is 10.0 Å². The fourth-order valence-corrected chi connectivity index (χ4v) is 3.81. The first-order valence-electron chi connectivity index (χ1n) is 6.95. The molecule has 0 amide bonds. The number of likely N-dealkylation sites (N-methyl/N-ethyl adjacent to an activating group) is 1. The molecule has 24 heavy (non-hydrogen) atoms. The highest BCUT2D eigenvalue weighted by Gasteiger charge is 2.22. The maximum atomic E-state index is 12.6. The van der Waals surface area contributed by atoms with Gasteiger partial charge in [0.05, 0.1) is 10.5 Å². The Bertz CT molecular complexity index is 853. The number of halogens is 2. The van der Waals surface area contributed by atoms with Gasteiger partial charge in [0.15, 0.2) is 0 Å². The van der Waals surface area contributed by atoms with Crippen molar-refractivity contribution < 1.29 is 18.3 Å².